The van der Waals surface area contributed by atoms with Crippen molar-refractivity contribution in [3.63, 3.8) is 0 Å². The summed E-state index contributed by atoms with van der Waals surface area (Å²) in [7, 11) is 0. The fourth-order valence-corrected chi connectivity index (χ4v) is 4.67. The van der Waals surface area contributed by atoms with Crippen molar-refractivity contribution in [1.82, 2.24) is 19.7 Å². The lowest BCUT2D eigenvalue weighted by Crippen LogP contribution is -2.18. The van der Waals surface area contributed by atoms with Crippen LogP contribution in [0.25, 0.3) is 17.1 Å². The van der Waals surface area contributed by atoms with Gasteiger partial charge in [-0.2, -0.15) is 0 Å². The molecule has 4 aromatic rings. The van der Waals surface area contributed by atoms with Crippen LogP contribution in [-0.4, -0.2) is 44.5 Å². The number of nitrogens with zero attached hydrogens (tertiary/aromatic N) is 5. The number of hydrogen-bond acceptors (Lipinski definition) is 6. The van der Waals surface area contributed by atoms with Crippen LogP contribution in [0.3, 0.4) is 0 Å². The number of benzene rings is 2. The fourth-order valence-electron chi connectivity index (χ4n) is 3.91. The third-order valence-electron chi connectivity index (χ3n) is 5.52. The van der Waals surface area contributed by atoms with Crippen LogP contribution < -0.4 is 10.2 Å². The van der Waals surface area contributed by atoms with Gasteiger partial charge in [0.1, 0.15) is 0 Å². The molecule has 2 aromatic carbocycles. The standard InChI is InChI=1S/C25H24N6OS/c32-23(27-20-10-12-21(13-11-20)30-15-4-5-16-30)18-33-25-29-28-24(19-7-6-14-26-17-19)31(25)22-8-2-1-3-9-22/h1-3,6-14,17H,4-5,15-16,18H2,(H,27,32). The monoisotopic (exact) mass is 456 g/mol. The van der Waals surface area contributed by atoms with E-state index in [-0.39, 0.29) is 11.7 Å². The normalized spacial score (nSPS) is 13.3. The van der Waals surface area contributed by atoms with Crippen LogP contribution in [0.5, 0.6) is 0 Å². The first-order chi connectivity index (χ1) is 16.3. The molecule has 1 fully saturated rings. The first kappa shape index (κ1) is 21.2. The van der Waals surface area contributed by atoms with E-state index < -0.39 is 0 Å². The Balaban J connectivity index is 1.29. The van der Waals surface area contributed by atoms with Crippen molar-refractivity contribution in [1.29, 1.82) is 0 Å². The van der Waals surface area contributed by atoms with Gasteiger partial charge in [-0.05, 0) is 61.4 Å². The van der Waals surface area contributed by atoms with Crippen molar-refractivity contribution in [2.45, 2.75) is 18.0 Å². The maximum Gasteiger partial charge on any atom is 0.234 e. The summed E-state index contributed by atoms with van der Waals surface area (Å²) >= 11 is 1.36. The van der Waals surface area contributed by atoms with Crippen LogP contribution in [0.1, 0.15) is 12.8 Å². The highest BCUT2D eigenvalue weighted by Crippen LogP contribution is 2.28. The Bertz CT molecular complexity index is 1200. The molecule has 0 aliphatic carbocycles. The Hall–Kier alpha value is -3.65. The van der Waals surface area contributed by atoms with Gasteiger partial charge in [-0.25, -0.2) is 0 Å². The van der Waals surface area contributed by atoms with Gasteiger partial charge >= 0.3 is 0 Å². The van der Waals surface area contributed by atoms with Gasteiger partial charge in [0.15, 0.2) is 11.0 Å². The Morgan fingerprint density at radius 3 is 2.42 bits per heavy atom. The number of anilines is 2. The minimum absolute atomic E-state index is 0.0838. The molecule has 7 nitrogen and oxygen atoms in total. The van der Waals surface area contributed by atoms with Crippen molar-refractivity contribution in [3.8, 4) is 17.1 Å². The molecule has 0 radical (unpaired) electrons. The van der Waals surface area contributed by atoms with E-state index in [0.29, 0.717) is 11.0 Å². The third-order valence-corrected chi connectivity index (χ3v) is 6.45. The summed E-state index contributed by atoms with van der Waals surface area (Å²) < 4.78 is 1.96. The van der Waals surface area contributed by atoms with Crippen molar-refractivity contribution in [2.24, 2.45) is 0 Å². The highest BCUT2D eigenvalue weighted by atomic mass is 32.2. The Labute approximate surface area is 196 Å². The molecular formula is C25H24N6OS. The zero-order valence-corrected chi connectivity index (χ0v) is 18.9. The lowest BCUT2D eigenvalue weighted by molar-refractivity contribution is -0.113. The summed E-state index contributed by atoms with van der Waals surface area (Å²) in [6, 6.07) is 21.8. The molecule has 0 bridgehead atoms. The van der Waals surface area contributed by atoms with Crippen LogP contribution in [0, 0.1) is 0 Å². The smallest absolute Gasteiger partial charge is 0.234 e. The minimum Gasteiger partial charge on any atom is -0.372 e. The molecule has 5 rings (SSSR count). The predicted molar refractivity (Wildman–Crippen MR) is 132 cm³/mol. The lowest BCUT2D eigenvalue weighted by atomic mass is 10.2. The van der Waals surface area contributed by atoms with E-state index in [4.69, 9.17) is 0 Å². The molecule has 1 aliphatic rings. The van der Waals surface area contributed by atoms with Gasteiger partial charge in [0.05, 0.1) is 5.75 Å². The highest BCUT2D eigenvalue weighted by molar-refractivity contribution is 7.99. The molecule has 2 aromatic heterocycles. The summed E-state index contributed by atoms with van der Waals surface area (Å²) in [6.45, 7) is 2.21. The minimum atomic E-state index is -0.0838. The molecule has 8 heteroatoms. The Morgan fingerprint density at radius 2 is 1.70 bits per heavy atom. The average Bonchev–Trinajstić information content (AvgIpc) is 3.55. The first-order valence-corrected chi connectivity index (χ1v) is 12.0. The molecular weight excluding hydrogens is 432 g/mol. The second-order valence-corrected chi connectivity index (χ2v) is 8.74. The quantitative estimate of drug-likeness (QED) is 0.408. The molecule has 33 heavy (non-hydrogen) atoms. The van der Waals surface area contributed by atoms with Crippen LogP contribution in [0.4, 0.5) is 11.4 Å². The van der Waals surface area contributed by atoms with E-state index >= 15 is 0 Å². The van der Waals surface area contributed by atoms with E-state index in [0.717, 1.165) is 30.0 Å². The number of pyridine rings is 1. The van der Waals surface area contributed by atoms with Gasteiger partial charge in [0.2, 0.25) is 5.91 Å². The summed E-state index contributed by atoms with van der Waals surface area (Å²) in [6.07, 6.45) is 5.97. The van der Waals surface area contributed by atoms with Gasteiger partial charge < -0.3 is 10.2 Å². The number of hydrogen-bond donors (Lipinski definition) is 1. The van der Waals surface area contributed by atoms with Gasteiger partial charge in [-0.3, -0.25) is 14.3 Å². The predicted octanol–water partition coefficient (Wildman–Crippen LogP) is 4.66. The largest absolute Gasteiger partial charge is 0.372 e. The molecule has 1 saturated heterocycles. The van der Waals surface area contributed by atoms with Crippen molar-refractivity contribution >= 4 is 29.0 Å². The molecule has 1 amide bonds. The highest BCUT2D eigenvalue weighted by Gasteiger charge is 2.17. The molecule has 1 N–H and O–H groups in total. The SMILES string of the molecule is O=C(CSc1nnc(-c2cccnc2)n1-c1ccccc1)Nc1ccc(N2CCCC2)cc1. The fraction of sp³-hybridized carbons (Fsp3) is 0.200. The molecule has 1 aliphatic heterocycles. The first-order valence-electron chi connectivity index (χ1n) is 11.0. The summed E-state index contributed by atoms with van der Waals surface area (Å²) in [5.74, 6) is 0.834. The van der Waals surface area contributed by atoms with Crippen LogP contribution in [0.15, 0.2) is 84.3 Å². The van der Waals surface area contributed by atoms with E-state index in [1.807, 2.05) is 59.2 Å². The van der Waals surface area contributed by atoms with E-state index in [2.05, 4.69) is 37.5 Å². The van der Waals surface area contributed by atoms with Crippen molar-refractivity contribution in [2.75, 3.05) is 29.1 Å². The Kier molecular flexibility index (Phi) is 6.34. The van der Waals surface area contributed by atoms with Crippen LogP contribution in [-0.2, 0) is 4.79 Å². The topological polar surface area (TPSA) is 75.9 Å². The van der Waals surface area contributed by atoms with E-state index in [9.17, 15) is 4.79 Å². The number of carbonyl (C=O) groups excluding carboxylic acids is 1. The maximum absolute atomic E-state index is 12.6. The molecule has 0 spiro atoms. The number of para-hydroxylation sites is 1. The van der Waals surface area contributed by atoms with Crippen LogP contribution in [0.2, 0.25) is 0 Å². The zero-order chi connectivity index (χ0) is 22.5. The molecule has 166 valence electrons. The number of carbonyl (C=O) groups is 1. The number of thioether (sulfide) groups is 1. The number of rotatable bonds is 7. The van der Waals surface area contributed by atoms with Crippen molar-refractivity contribution < 1.29 is 4.79 Å². The number of amides is 1. The maximum atomic E-state index is 12.6. The number of aromatic nitrogens is 4. The second-order valence-electron chi connectivity index (χ2n) is 7.80. The second kappa shape index (κ2) is 9.87. The van der Waals surface area contributed by atoms with E-state index in [1.165, 1.54) is 30.3 Å². The number of nitrogens with one attached hydrogen (secondary N) is 1. The molecule has 0 saturated carbocycles. The van der Waals surface area contributed by atoms with Gasteiger partial charge in [0, 0.05) is 48.1 Å². The summed E-state index contributed by atoms with van der Waals surface area (Å²) in [5, 5.41) is 12.4. The van der Waals surface area contributed by atoms with Crippen LogP contribution >= 0.6 is 11.8 Å². The van der Waals surface area contributed by atoms with E-state index in [1.54, 1.807) is 12.4 Å². The molecule has 0 atom stereocenters. The van der Waals surface area contributed by atoms with Gasteiger partial charge in [-0.15, -0.1) is 10.2 Å². The summed E-state index contributed by atoms with van der Waals surface area (Å²) in [5.41, 5.74) is 3.80. The lowest BCUT2D eigenvalue weighted by Gasteiger charge is -2.17. The third kappa shape index (κ3) is 4.90. The van der Waals surface area contributed by atoms with Gasteiger partial charge in [-0.1, -0.05) is 30.0 Å². The zero-order valence-electron chi connectivity index (χ0n) is 18.1. The molecule has 3 heterocycles. The average molecular weight is 457 g/mol. The molecule has 0 unspecified atom stereocenters. The summed E-state index contributed by atoms with van der Waals surface area (Å²) in [4.78, 5) is 19.2. The van der Waals surface area contributed by atoms with Gasteiger partial charge in [0.25, 0.3) is 0 Å². The Morgan fingerprint density at radius 1 is 0.909 bits per heavy atom. The van der Waals surface area contributed by atoms with Crippen molar-refractivity contribution in [3.05, 3.63) is 79.1 Å².